The summed E-state index contributed by atoms with van der Waals surface area (Å²) in [5.41, 5.74) is 3.39. The zero-order chi connectivity index (χ0) is 20.7. The molecule has 1 aliphatic rings. The number of rotatable bonds is 4. The highest BCUT2D eigenvalue weighted by atomic mass is 32.1. The van der Waals surface area contributed by atoms with Crippen molar-refractivity contribution in [2.75, 3.05) is 14.2 Å². The minimum Gasteiger partial charge on any atom is -0.493 e. The normalized spacial score (nSPS) is 16.7. The number of carbonyl (C=O) groups is 1. The molecule has 0 N–H and O–H groups in total. The third-order valence-corrected chi connectivity index (χ3v) is 7.10. The van der Waals surface area contributed by atoms with Gasteiger partial charge in [0.25, 0.3) is 0 Å². The van der Waals surface area contributed by atoms with E-state index in [4.69, 9.17) is 9.47 Å². The summed E-state index contributed by atoms with van der Waals surface area (Å²) >= 11 is 1.80. The molecule has 5 rings (SSSR count). The maximum Gasteiger partial charge on any atom is 0.160 e. The second-order valence-corrected chi connectivity index (χ2v) is 8.69. The van der Waals surface area contributed by atoms with Crippen LogP contribution in [0, 0.1) is 0 Å². The van der Waals surface area contributed by atoms with Gasteiger partial charge in [-0.2, -0.15) is 0 Å². The van der Waals surface area contributed by atoms with Crippen LogP contribution >= 0.6 is 11.3 Å². The zero-order valence-corrected chi connectivity index (χ0v) is 17.8. The number of hydrogen-bond acceptors (Lipinski definition) is 4. The molecule has 0 saturated heterocycles. The fraction of sp³-hybridized carbons (Fsp3) is 0.192. The SMILES string of the molecule is COc1ccc([C@H]2CC(=O)C=C(c3cccc4c3sc3ccccc34)C2)cc1OC. The van der Waals surface area contributed by atoms with E-state index in [0.29, 0.717) is 17.9 Å². The second kappa shape index (κ2) is 7.62. The van der Waals surface area contributed by atoms with Gasteiger partial charge in [-0.05, 0) is 53.3 Å². The number of thiophene rings is 1. The first-order valence-corrected chi connectivity index (χ1v) is 10.9. The first kappa shape index (κ1) is 18.9. The fourth-order valence-electron chi connectivity index (χ4n) is 4.42. The smallest absolute Gasteiger partial charge is 0.160 e. The molecule has 30 heavy (non-hydrogen) atoms. The van der Waals surface area contributed by atoms with Gasteiger partial charge in [0.1, 0.15) is 0 Å². The number of methoxy groups -OCH3 is 2. The Morgan fingerprint density at radius 3 is 2.50 bits per heavy atom. The fourth-order valence-corrected chi connectivity index (χ4v) is 5.67. The van der Waals surface area contributed by atoms with Gasteiger partial charge in [0.15, 0.2) is 17.3 Å². The molecule has 1 aliphatic carbocycles. The molecule has 4 heteroatoms. The maximum absolute atomic E-state index is 12.7. The molecule has 0 bridgehead atoms. The van der Waals surface area contributed by atoms with Crippen LogP contribution in [0.4, 0.5) is 0 Å². The van der Waals surface area contributed by atoms with E-state index in [0.717, 1.165) is 17.6 Å². The van der Waals surface area contributed by atoms with Crippen molar-refractivity contribution >= 4 is 42.9 Å². The van der Waals surface area contributed by atoms with E-state index >= 15 is 0 Å². The topological polar surface area (TPSA) is 35.5 Å². The Morgan fingerprint density at radius 2 is 1.67 bits per heavy atom. The largest absolute Gasteiger partial charge is 0.493 e. The maximum atomic E-state index is 12.7. The number of fused-ring (bicyclic) bond motifs is 3. The predicted molar refractivity (Wildman–Crippen MR) is 124 cm³/mol. The van der Waals surface area contributed by atoms with E-state index in [1.807, 2.05) is 24.3 Å². The molecule has 0 spiro atoms. The third-order valence-electron chi connectivity index (χ3n) is 5.88. The number of hydrogen-bond donors (Lipinski definition) is 0. The molecule has 150 valence electrons. The van der Waals surface area contributed by atoms with Crippen molar-refractivity contribution in [1.29, 1.82) is 0 Å². The second-order valence-electron chi connectivity index (χ2n) is 7.64. The quantitative estimate of drug-likeness (QED) is 0.377. The van der Waals surface area contributed by atoms with Crippen molar-refractivity contribution in [2.45, 2.75) is 18.8 Å². The van der Waals surface area contributed by atoms with Crippen molar-refractivity contribution < 1.29 is 14.3 Å². The van der Waals surface area contributed by atoms with Gasteiger partial charge >= 0.3 is 0 Å². The Balaban J connectivity index is 1.57. The van der Waals surface area contributed by atoms with Crippen LogP contribution < -0.4 is 9.47 Å². The Hall–Kier alpha value is -3.11. The first-order valence-electron chi connectivity index (χ1n) is 10.0. The first-order chi connectivity index (χ1) is 14.7. The summed E-state index contributed by atoms with van der Waals surface area (Å²) in [6.07, 6.45) is 3.19. The van der Waals surface area contributed by atoms with E-state index in [1.54, 1.807) is 25.6 Å². The standard InChI is InChI=1S/C26H22O3S/c1-28-23-11-10-16(15-24(23)29-2)17-12-18(14-19(27)13-17)20-7-5-8-22-21-6-3-4-9-25(21)30-26(20)22/h3-11,14-15,17H,12-13H2,1-2H3/t17-/m1/s1. The van der Waals surface area contributed by atoms with Crippen LogP contribution in [-0.4, -0.2) is 20.0 Å². The van der Waals surface area contributed by atoms with E-state index in [2.05, 4.69) is 42.5 Å². The third kappa shape index (κ3) is 3.17. The monoisotopic (exact) mass is 414 g/mol. The van der Waals surface area contributed by atoms with Crippen molar-refractivity contribution in [3.05, 3.63) is 77.9 Å². The minimum atomic E-state index is 0.127. The lowest BCUT2D eigenvalue weighted by Crippen LogP contribution is -2.12. The van der Waals surface area contributed by atoms with Gasteiger partial charge in [-0.1, -0.05) is 42.5 Å². The minimum absolute atomic E-state index is 0.127. The summed E-state index contributed by atoms with van der Waals surface area (Å²) in [5.74, 6) is 1.70. The van der Waals surface area contributed by atoms with Gasteiger partial charge in [-0.25, -0.2) is 0 Å². The van der Waals surface area contributed by atoms with Crippen LogP contribution in [-0.2, 0) is 4.79 Å². The van der Waals surface area contributed by atoms with Gasteiger partial charge in [-0.15, -0.1) is 11.3 Å². The Bertz CT molecular complexity index is 1300. The van der Waals surface area contributed by atoms with Crippen LogP contribution in [0.25, 0.3) is 25.7 Å². The van der Waals surface area contributed by atoms with Crippen LogP contribution in [0.3, 0.4) is 0 Å². The van der Waals surface area contributed by atoms with Gasteiger partial charge < -0.3 is 9.47 Å². The Morgan fingerprint density at radius 1 is 0.867 bits per heavy atom. The highest BCUT2D eigenvalue weighted by molar-refractivity contribution is 7.26. The van der Waals surface area contributed by atoms with Crippen LogP contribution in [0.5, 0.6) is 11.5 Å². The van der Waals surface area contributed by atoms with E-state index in [9.17, 15) is 4.79 Å². The number of allylic oxidation sites excluding steroid dienone is 2. The van der Waals surface area contributed by atoms with Crippen LogP contribution in [0.15, 0.2) is 66.7 Å². The average molecular weight is 415 g/mol. The number of carbonyl (C=O) groups excluding carboxylic acids is 1. The van der Waals surface area contributed by atoms with Crippen molar-refractivity contribution in [3.8, 4) is 11.5 Å². The lowest BCUT2D eigenvalue weighted by atomic mass is 9.81. The molecule has 3 nitrogen and oxygen atoms in total. The average Bonchev–Trinajstić information content (AvgIpc) is 3.17. The molecule has 0 aliphatic heterocycles. The summed E-state index contributed by atoms with van der Waals surface area (Å²) in [4.78, 5) is 12.7. The van der Waals surface area contributed by atoms with Crippen molar-refractivity contribution in [3.63, 3.8) is 0 Å². The summed E-state index contributed by atoms with van der Waals surface area (Å²) in [6, 6.07) is 20.9. The number of ether oxygens (including phenoxy) is 2. The molecular weight excluding hydrogens is 392 g/mol. The zero-order valence-electron chi connectivity index (χ0n) is 17.0. The Labute approximate surface area is 179 Å². The van der Waals surface area contributed by atoms with Gasteiger partial charge in [0.05, 0.1) is 14.2 Å². The van der Waals surface area contributed by atoms with Gasteiger partial charge in [0, 0.05) is 26.6 Å². The number of benzene rings is 3. The van der Waals surface area contributed by atoms with E-state index < -0.39 is 0 Å². The molecular formula is C26H22O3S. The van der Waals surface area contributed by atoms with Crippen molar-refractivity contribution in [1.82, 2.24) is 0 Å². The lowest BCUT2D eigenvalue weighted by molar-refractivity contribution is -0.115. The molecule has 0 unspecified atom stereocenters. The molecule has 0 saturated carbocycles. The van der Waals surface area contributed by atoms with Crippen LogP contribution in [0.2, 0.25) is 0 Å². The van der Waals surface area contributed by atoms with Crippen molar-refractivity contribution in [2.24, 2.45) is 0 Å². The molecule has 4 aromatic rings. The van der Waals surface area contributed by atoms with Gasteiger partial charge in [-0.3, -0.25) is 4.79 Å². The summed E-state index contributed by atoms with van der Waals surface area (Å²) < 4.78 is 13.4. The van der Waals surface area contributed by atoms with E-state index in [-0.39, 0.29) is 11.7 Å². The number of ketones is 1. The Kier molecular flexibility index (Phi) is 4.80. The molecule has 1 aromatic heterocycles. The molecule has 3 aromatic carbocycles. The highest BCUT2D eigenvalue weighted by Crippen LogP contribution is 2.43. The molecule has 0 amide bonds. The van der Waals surface area contributed by atoms with Gasteiger partial charge in [0.2, 0.25) is 0 Å². The predicted octanol–water partition coefficient (Wildman–Crippen LogP) is 6.60. The molecule has 0 radical (unpaired) electrons. The molecule has 1 heterocycles. The summed E-state index contributed by atoms with van der Waals surface area (Å²) in [6.45, 7) is 0. The lowest BCUT2D eigenvalue weighted by Gasteiger charge is -2.24. The summed E-state index contributed by atoms with van der Waals surface area (Å²) in [5, 5.41) is 2.54. The summed E-state index contributed by atoms with van der Waals surface area (Å²) in [7, 11) is 3.27. The van der Waals surface area contributed by atoms with E-state index in [1.165, 1.54) is 25.7 Å². The molecule has 0 fully saturated rings. The molecule has 1 atom stereocenters. The van der Waals surface area contributed by atoms with Crippen LogP contribution in [0.1, 0.15) is 29.9 Å². The highest BCUT2D eigenvalue weighted by Gasteiger charge is 2.25.